The Morgan fingerprint density at radius 2 is 1.71 bits per heavy atom. The first-order chi connectivity index (χ1) is 8.22. The Hall–Kier alpha value is -1.39. The van der Waals surface area contributed by atoms with Crippen LogP contribution in [0.25, 0.3) is 0 Å². The van der Waals surface area contributed by atoms with Gasteiger partial charge in [-0.05, 0) is 24.8 Å². The molecule has 0 amide bonds. The fourth-order valence-electron chi connectivity index (χ4n) is 1.46. The van der Waals surface area contributed by atoms with Crippen molar-refractivity contribution in [2.45, 2.75) is 25.4 Å². The highest BCUT2D eigenvalue weighted by Crippen LogP contribution is 2.10. The highest BCUT2D eigenvalue weighted by atomic mass is 16.5. The van der Waals surface area contributed by atoms with Crippen molar-refractivity contribution in [3.63, 3.8) is 0 Å². The molecule has 0 radical (unpaired) electrons. The molecule has 1 unspecified atom stereocenters. The van der Waals surface area contributed by atoms with Crippen LogP contribution in [0.1, 0.15) is 30.9 Å². The van der Waals surface area contributed by atoms with Crippen LogP contribution in [0.2, 0.25) is 0 Å². The number of hydrogen-bond acceptors (Lipinski definition) is 3. The maximum absolute atomic E-state index is 10.2. The van der Waals surface area contributed by atoms with Crippen LogP contribution in [0.5, 0.6) is 0 Å². The number of carboxylic acids is 1. The van der Waals surface area contributed by atoms with Gasteiger partial charge in [-0.25, -0.2) is 4.79 Å². The van der Waals surface area contributed by atoms with Gasteiger partial charge in [0.1, 0.15) is 0 Å². The lowest BCUT2D eigenvalue weighted by Gasteiger charge is -2.08. The van der Waals surface area contributed by atoms with E-state index in [0.29, 0.717) is 5.56 Å². The average molecular weight is 238 g/mol. The van der Waals surface area contributed by atoms with E-state index < -0.39 is 12.1 Å². The predicted molar refractivity (Wildman–Crippen MR) is 63.7 cm³/mol. The van der Waals surface area contributed by atoms with Gasteiger partial charge in [-0.15, -0.1) is 0 Å². The van der Waals surface area contributed by atoms with E-state index in [1.165, 1.54) is 19.3 Å². The van der Waals surface area contributed by atoms with E-state index in [2.05, 4.69) is 0 Å². The Labute approximate surface area is 101 Å². The second-order valence-electron chi connectivity index (χ2n) is 3.82. The lowest BCUT2D eigenvalue weighted by Crippen LogP contribution is -2.09. The topological polar surface area (TPSA) is 66.8 Å². The van der Waals surface area contributed by atoms with E-state index in [1.54, 1.807) is 30.3 Å². The summed E-state index contributed by atoms with van der Waals surface area (Å²) in [6.07, 6.45) is 2.52. The monoisotopic (exact) mass is 238 g/mol. The van der Waals surface area contributed by atoms with Crippen molar-refractivity contribution in [3.05, 3.63) is 35.9 Å². The molecule has 4 nitrogen and oxygen atoms in total. The van der Waals surface area contributed by atoms with E-state index in [1.807, 2.05) is 0 Å². The summed E-state index contributed by atoms with van der Waals surface area (Å²) in [6, 6.07) is 8.26. The first-order valence-electron chi connectivity index (χ1n) is 5.75. The van der Waals surface area contributed by atoms with Crippen LogP contribution >= 0.6 is 0 Å². The molecule has 1 heterocycles. The van der Waals surface area contributed by atoms with Crippen molar-refractivity contribution in [2.24, 2.45) is 0 Å². The maximum atomic E-state index is 10.2. The summed E-state index contributed by atoms with van der Waals surface area (Å²) in [4.78, 5) is 10.2. The maximum Gasteiger partial charge on any atom is 0.337 e. The molecule has 0 aromatic heterocycles. The number of hydrogen-bond donors (Lipinski definition) is 2. The number of aliphatic carboxylic acids is 1. The van der Waals surface area contributed by atoms with Gasteiger partial charge in [-0.3, -0.25) is 0 Å². The standard InChI is InChI=1S/C8H8O3.C5H10O/c9-7(8(10)11)6-4-2-1-3-5-6;1-2-4-6-5-3-1/h1-5,7,9H,(H,10,11);1-5H2. The minimum atomic E-state index is -1.41. The highest BCUT2D eigenvalue weighted by Gasteiger charge is 2.14. The van der Waals surface area contributed by atoms with E-state index in [9.17, 15) is 4.79 Å². The molecule has 17 heavy (non-hydrogen) atoms. The summed E-state index contributed by atoms with van der Waals surface area (Å²) in [5, 5.41) is 17.4. The second-order valence-corrected chi connectivity index (χ2v) is 3.82. The van der Waals surface area contributed by atoms with Crippen LogP contribution in [0.15, 0.2) is 30.3 Å². The molecule has 1 fully saturated rings. The third-order valence-corrected chi connectivity index (χ3v) is 2.43. The second kappa shape index (κ2) is 7.81. The van der Waals surface area contributed by atoms with Crippen LogP contribution in [-0.2, 0) is 9.53 Å². The summed E-state index contributed by atoms with van der Waals surface area (Å²) in [6.45, 7) is 2.00. The summed E-state index contributed by atoms with van der Waals surface area (Å²) in [5.41, 5.74) is 0.403. The summed E-state index contributed by atoms with van der Waals surface area (Å²) < 4.78 is 5.07. The largest absolute Gasteiger partial charge is 0.479 e. The third-order valence-electron chi connectivity index (χ3n) is 2.43. The number of benzene rings is 1. The first kappa shape index (κ1) is 13.7. The molecular weight excluding hydrogens is 220 g/mol. The minimum absolute atomic E-state index is 0.403. The fraction of sp³-hybridized carbons (Fsp3) is 0.462. The summed E-state index contributed by atoms with van der Waals surface area (Å²) in [5.74, 6) is -1.23. The molecule has 1 saturated heterocycles. The van der Waals surface area contributed by atoms with E-state index in [0.717, 1.165) is 13.2 Å². The van der Waals surface area contributed by atoms with Crippen LogP contribution in [0.3, 0.4) is 0 Å². The van der Waals surface area contributed by atoms with Crippen molar-refractivity contribution >= 4 is 5.97 Å². The van der Waals surface area contributed by atoms with Gasteiger partial charge in [-0.2, -0.15) is 0 Å². The van der Waals surface area contributed by atoms with E-state index >= 15 is 0 Å². The van der Waals surface area contributed by atoms with Crippen LogP contribution in [0, 0.1) is 0 Å². The number of ether oxygens (including phenoxy) is 1. The molecule has 2 N–H and O–H groups in total. The summed E-state index contributed by atoms with van der Waals surface area (Å²) >= 11 is 0. The smallest absolute Gasteiger partial charge is 0.337 e. The minimum Gasteiger partial charge on any atom is -0.479 e. The average Bonchev–Trinajstić information content (AvgIpc) is 2.41. The molecule has 4 heteroatoms. The Morgan fingerprint density at radius 3 is 2.06 bits per heavy atom. The molecule has 1 atom stereocenters. The Bertz CT molecular complexity index is 308. The third kappa shape index (κ3) is 5.47. The molecular formula is C13H18O4. The van der Waals surface area contributed by atoms with Crippen LogP contribution in [-0.4, -0.2) is 29.4 Å². The molecule has 0 bridgehead atoms. The number of aliphatic hydroxyl groups excluding tert-OH is 1. The molecule has 1 aromatic carbocycles. The van der Waals surface area contributed by atoms with Crippen molar-refractivity contribution < 1.29 is 19.7 Å². The number of carbonyl (C=O) groups is 1. The molecule has 2 rings (SSSR count). The van der Waals surface area contributed by atoms with Gasteiger partial charge in [-0.1, -0.05) is 30.3 Å². The lowest BCUT2D eigenvalue weighted by molar-refractivity contribution is -0.146. The quantitative estimate of drug-likeness (QED) is 0.827. The molecule has 1 aliphatic rings. The molecule has 1 aromatic rings. The summed E-state index contributed by atoms with van der Waals surface area (Å²) in [7, 11) is 0. The Balaban J connectivity index is 0.000000202. The highest BCUT2D eigenvalue weighted by molar-refractivity contribution is 5.73. The van der Waals surface area contributed by atoms with Gasteiger partial charge in [0.15, 0.2) is 6.10 Å². The van der Waals surface area contributed by atoms with Crippen molar-refractivity contribution in [3.8, 4) is 0 Å². The Kier molecular flexibility index (Phi) is 6.29. The lowest BCUT2D eigenvalue weighted by atomic mass is 10.1. The van der Waals surface area contributed by atoms with Gasteiger partial charge >= 0.3 is 5.97 Å². The predicted octanol–water partition coefficient (Wildman–Crippen LogP) is 1.99. The SMILES string of the molecule is C1CCOCC1.O=C(O)C(O)c1ccccc1. The molecule has 0 aliphatic carbocycles. The van der Waals surface area contributed by atoms with Gasteiger partial charge < -0.3 is 14.9 Å². The van der Waals surface area contributed by atoms with Crippen LogP contribution in [0.4, 0.5) is 0 Å². The van der Waals surface area contributed by atoms with Crippen molar-refractivity contribution in [1.82, 2.24) is 0 Å². The molecule has 94 valence electrons. The zero-order valence-corrected chi connectivity index (χ0v) is 9.71. The van der Waals surface area contributed by atoms with E-state index in [4.69, 9.17) is 14.9 Å². The van der Waals surface area contributed by atoms with Crippen molar-refractivity contribution in [1.29, 1.82) is 0 Å². The molecule has 0 spiro atoms. The number of aliphatic hydroxyl groups is 1. The Morgan fingerprint density at radius 1 is 1.12 bits per heavy atom. The fourth-order valence-corrected chi connectivity index (χ4v) is 1.46. The van der Waals surface area contributed by atoms with Crippen molar-refractivity contribution in [2.75, 3.05) is 13.2 Å². The van der Waals surface area contributed by atoms with Gasteiger partial charge in [0.05, 0.1) is 0 Å². The zero-order chi connectivity index (χ0) is 12.5. The molecule has 0 saturated carbocycles. The normalized spacial score (nSPS) is 16.5. The number of carboxylic acid groups (broad SMARTS) is 1. The van der Waals surface area contributed by atoms with Gasteiger partial charge in [0, 0.05) is 13.2 Å². The number of rotatable bonds is 2. The first-order valence-corrected chi connectivity index (χ1v) is 5.75. The van der Waals surface area contributed by atoms with Gasteiger partial charge in [0.2, 0.25) is 0 Å². The van der Waals surface area contributed by atoms with Gasteiger partial charge in [0.25, 0.3) is 0 Å². The van der Waals surface area contributed by atoms with Crippen LogP contribution < -0.4 is 0 Å². The zero-order valence-electron chi connectivity index (χ0n) is 9.71. The molecule has 1 aliphatic heterocycles. The van der Waals surface area contributed by atoms with E-state index in [-0.39, 0.29) is 0 Å².